The van der Waals surface area contributed by atoms with Gasteiger partial charge in [-0.2, -0.15) is 18.4 Å². The maximum absolute atomic E-state index is 13.1. The first kappa shape index (κ1) is 17.6. The number of aromatic amines is 1. The molecule has 10 heteroatoms. The van der Waals surface area contributed by atoms with Crippen molar-refractivity contribution in [1.29, 1.82) is 5.26 Å². The van der Waals surface area contributed by atoms with Gasteiger partial charge in [-0.25, -0.2) is 0 Å². The number of halogens is 3. The van der Waals surface area contributed by atoms with Crippen molar-refractivity contribution in [2.75, 3.05) is 16.3 Å². The summed E-state index contributed by atoms with van der Waals surface area (Å²) in [5, 5.41) is 8.83. The summed E-state index contributed by atoms with van der Waals surface area (Å²) in [7, 11) is 0. The Morgan fingerprint density at radius 2 is 1.85 bits per heavy atom. The summed E-state index contributed by atoms with van der Waals surface area (Å²) in [6, 6.07) is 7.12. The number of anilines is 2. The number of H-pyrrole nitrogens is 1. The van der Waals surface area contributed by atoms with E-state index in [9.17, 15) is 22.8 Å². The van der Waals surface area contributed by atoms with Crippen molar-refractivity contribution in [2.45, 2.75) is 6.18 Å². The molecule has 0 unspecified atom stereocenters. The molecule has 132 valence electrons. The third-order valence-corrected chi connectivity index (χ3v) is 4.13. The first-order valence-corrected chi connectivity index (χ1v) is 7.58. The number of hydrogen-bond acceptors (Lipinski definition) is 4. The Morgan fingerprint density at radius 1 is 1.15 bits per heavy atom. The molecule has 1 saturated heterocycles. The second-order valence-corrected chi connectivity index (χ2v) is 5.71. The highest BCUT2D eigenvalue weighted by molar-refractivity contribution is 7.81. The second kappa shape index (κ2) is 6.27. The molecule has 2 heterocycles. The van der Waals surface area contributed by atoms with Crippen molar-refractivity contribution in [3.63, 3.8) is 0 Å². The van der Waals surface area contributed by atoms with E-state index in [0.717, 1.165) is 17.0 Å². The standard InChI is InChI=1S/C16H9F3N4O2S/c17-16(18,19)12-5-10(2-1-9(12)6-20)23-14(25)8-22(15(23)26)11-3-4-13(24)21-7-11/h1-5,7H,8H2,(H,21,24). The molecule has 2 aromatic rings. The molecule has 1 aromatic heterocycles. The van der Waals surface area contributed by atoms with E-state index in [-0.39, 0.29) is 22.9 Å². The van der Waals surface area contributed by atoms with Crippen LogP contribution < -0.4 is 15.4 Å². The van der Waals surface area contributed by atoms with Crippen LogP contribution in [0.5, 0.6) is 0 Å². The average Bonchev–Trinajstić information content (AvgIpc) is 2.89. The van der Waals surface area contributed by atoms with Crippen LogP contribution in [-0.2, 0) is 11.0 Å². The number of carbonyl (C=O) groups excluding carboxylic acids is 1. The summed E-state index contributed by atoms with van der Waals surface area (Å²) in [4.78, 5) is 28.3. The van der Waals surface area contributed by atoms with Crippen LogP contribution in [0, 0.1) is 11.3 Å². The maximum atomic E-state index is 13.1. The van der Waals surface area contributed by atoms with Gasteiger partial charge in [-0.05, 0) is 36.5 Å². The van der Waals surface area contributed by atoms with Gasteiger partial charge in [0.2, 0.25) is 5.56 Å². The molecule has 1 aliphatic rings. The first-order chi connectivity index (χ1) is 12.2. The van der Waals surface area contributed by atoms with Crippen molar-refractivity contribution in [3.8, 4) is 6.07 Å². The van der Waals surface area contributed by atoms with Gasteiger partial charge in [0.25, 0.3) is 5.91 Å². The highest BCUT2D eigenvalue weighted by atomic mass is 32.1. The summed E-state index contributed by atoms with van der Waals surface area (Å²) >= 11 is 5.23. The third kappa shape index (κ3) is 3.04. The SMILES string of the molecule is N#Cc1ccc(N2C(=O)CN(c3ccc(=O)[nH]c3)C2=S)cc1C(F)(F)F. The van der Waals surface area contributed by atoms with Crippen LogP contribution in [0.25, 0.3) is 0 Å². The third-order valence-electron chi connectivity index (χ3n) is 3.73. The topological polar surface area (TPSA) is 80.2 Å². The van der Waals surface area contributed by atoms with E-state index in [4.69, 9.17) is 17.5 Å². The van der Waals surface area contributed by atoms with Gasteiger partial charge in [-0.3, -0.25) is 14.5 Å². The zero-order valence-corrected chi connectivity index (χ0v) is 13.7. The number of nitriles is 1. The highest BCUT2D eigenvalue weighted by Crippen LogP contribution is 2.35. The number of hydrogen-bond donors (Lipinski definition) is 1. The Hall–Kier alpha value is -3.19. The fourth-order valence-electron chi connectivity index (χ4n) is 2.53. The van der Waals surface area contributed by atoms with Crippen LogP contribution in [0.1, 0.15) is 11.1 Å². The molecular weight excluding hydrogens is 369 g/mol. The largest absolute Gasteiger partial charge is 0.417 e. The molecule has 0 atom stereocenters. The number of benzene rings is 1. The molecule has 0 saturated carbocycles. The number of carbonyl (C=O) groups is 1. The van der Waals surface area contributed by atoms with Crippen molar-refractivity contribution in [1.82, 2.24) is 4.98 Å². The Kier molecular flexibility index (Phi) is 4.25. The minimum Gasteiger partial charge on any atom is -0.327 e. The van der Waals surface area contributed by atoms with Gasteiger partial charge in [-0.15, -0.1) is 0 Å². The molecule has 1 amide bonds. The van der Waals surface area contributed by atoms with Crippen molar-refractivity contribution in [3.05, 3.63) is 58.0 Å². The molecule has 1 fully saturated rings. The van der Waals surface area contributed by atoms with Crippen LogP contribution in [0.2, 0.25) is 0 Å². The van der Waals surface area contributed by atoms with Gasteiger partial charge in [-0.1, -0.05) is 0 Å². The van der Waals surface area contributed by atoms with E-state index in [1.807, 2.05) is 0 Å². The number of amides is 1. The number of alkyl halides is 3. The molecule has 1 aliphatic heterocycles. The van der Waals surface area contributed by atoms with E-state index >= 15 is 0 Å². The second-order valence-electron chi connectivity index (χ2n) is 5.35. The Morgan fingerprint density at radius 3 is 2.42 bits per heavy atom. The minimum absolute atomic E-state index is 0.0279. The van der Waals surface area contributed by atoms with Crippen molar-refractivity contribution < 1.29 is 18.0 Å². The summed E-state index contributed by atoms with van der Waals surface area (Å²) in [6.07, 6.45) is -3.39. The Balaban J connectivity index is 2.01. The molecule has 3 rings (SSSR count). The van der Waals surface area contributed by atoms with Crippen molar-refractivity contribution >= 4 is 34.6 Å². The smallest absolute Gasteiger partial charge is 0.327 e. The molecule has 1 aromatic carbocycles. The van der Waals surface area contributed by atoms with Crippen LogP contribution in [0.4, 0.5) is 24.5 Å². The molecule has 26 heavy (non-hydrogen) atoms. The van der Waals surface area contributed by atoms with E-state index in [1.165, 1.54) is 35.4 Å². The fraction of sp³-hybridized carbons (Fsp3) is 0.125. The summed E-state index contributed by atoms with van der Waals surface area (Å²) in [5.74, 6) is -0.529. The number of nitrogens with one attached hydrogen (secondary N) is 1. The van der Waals surface area contributed by atoms with E-state index < -0.39 is 23.2 Å². The van der Waals surface area contributed by atoms with Crippen LogP contribution >= 0.6 is 12.2 Å². The number of nitrogens with zero attached hydrogens (tertiary/aromatic N) is 3. The van der Waals surface area contributed by atoms with Gasteiger partial charge in [0.15, 0.2) is 5.11 Å². The molecule has 0 radical (unpaired) electrons. The lowest BCUT2D eigenvalue weighted by Gasteiger charge is -2.21. The van der Waals surface area contributed by atoms with Gasteiger partial charge in [0.1, 0.15) is 6.54 Å². The molecule has 1 N–H and O–H groups in total. The van der Waals surface area contributed by atoms with E-state index in [2.05, 4.69) is 4.98 Å². The lowest BCUT2D eigenvalue weighted by Crippen LogP contribution is -2.33. The fourth-order valence-corrected chi connectivity index (χ4v) is 2.91. The van der Waals surface area contributed by atoms with E-state index in [0.29, 0.717) is 5.69 Å². The van der Waals surface area contributed by atoms with Crippen molar-refractivity contribution in [2.24, 2.45) is 0 Å². The van der Waals surface area contributed by atoms with Gasteiger partial charge in [0.05, 0.1) is 28.6 Å². The van der Waals surface area contributed by atoms with Crippen LogP contribution in [-0.4, -0.2) is 22.5 Å². The highest BCUT2D eigenvalue weighted by Gasteiger charge is 2.38. The summed E-state index contributed by atoms with van der Waals surface area (Å²) < 4.78 is 39.4. The van der Waals surface area contributed by atoms with E-state index in [1.54, 1.807) is 0 Å². The molecule has 6 nitrogen and oxygen atoms in total. The van der Waals surface area contributed by atoms with Gasteiger partial charge < -0.3 is 9.88 Å². The molecular formula is C16H9F3N4O2S. The zero-order valence-electron chi connectivity index (χ0n) is 12.9. The molecule has 0 bridgehead atoms. The average molecular weight is 378 g/mol. The normalized spacial score (nSPS) is 14.7. The van der Waals surface area contributed by atoms with Gasteiger partial charge >= 0.3 is 6.18 Å². The minimum atomic E-state index is -4.75. The number of pyridine rings is 1. The Bertz CT molecular complexity index is 989. The lowest BCUT2D eigenvalue weighted by molar-refractivity contribution is -0.137. The monoisotopic (exact) mass is 378 g/mol. The Labute approximate surface area is 150 Å². The van der Waals surface area contributed by atoms with Crippen LogP contribution in [0.15, 0.2) is 41.3 Å². The van der Waals surface area contributed by atoms with Crippen LogP contribution in [0.3, 0.4) is 0 Å². The zero-order chi connectivity index (χ0) is 19.1. The first-order valence-electron chi connectivity index (χ1n) is 7.17. The number of aromatic nitrogens is 1. The predicted molar refractivity (Wildman–Crippen MR) is 90.7 cm³/mol. The molecule has 0 spiro atoms. The van der Waals surface area contributed by atoms with Gasteiger partial charge in [0, 0.05) is 12.3 Å². The number of thiocarbonyl (C=S) groups is 1. The predicted octanol–water partition coefficient (Wildman–Crippen LogP) is 2.40. The molecule has 0 aliphatic carbocycles. The summed E-state index contributed by atoms with van der Waals surface area (Å²) in [6.45, 7) is -0.188. The maximum Gasteiger partial charge on any atom is 0.417 e. The lowest BCUT2D eigenvalue weighted by atomic mass is 10.1. The quantitative estimate of drug-likeness (QED) is 0.812. The summed E-state index contributed by atoms with van der Waals surface area (Å²) in [5.41, 5.74) is -1.69. The number of rotatable bonds is 2.